The second-order valence-electron chi connectivity index (χ2n) is 9.02. The first-order valence-electron chi connectivity index (χ1n) is 11.1. The fourth-order valence-corrected chi connectivity index (χ4v) is 3.63. The lowest BCUT2D eigenvalue weighted by molar-refractivity contribution is 0.0503. The van der Waals surface area contributed by atoms with Gasteiger partial charge in [0.05, 0.1) is 11.6 Å². The van der Waals surface area contributed by atoms with E-state index in [0.717, 1.165) is 33.5 Å². The van der Waals surface area contributed by atoms with E-state index >= 15 is 0 Å². The van der Waals surface area contributed by atoms with E-state index in [1.807, 2.05) is 93.6 Å². The molecule has 1 unspecified atom stereocenters. The minimum absolute atomic E-state index is 0.213. The molecule has 4 aromatic rings. The van der Waals surface area contributed by atoms with E-state index < -0.39 is 11.7 Å². The number of aromatic nitrogens is 1. The van der Waals surface area contributed by atoms with E-state index in [-0.39, 0.29) is 6.04 Å². The Balaban J connectivity index is 1.51. The first-order valence-corrected chi connectivity index (χ1v) is 11.1. The number of rotatable bonds is 6. The molecule has 3 aromatic carbocycles. The Morgan fingerprint density at radius 3 is 2.30 bits per heavy atom. The highest BCUT2D eigenvalue weighted by molar-refractivity contribution is 5.80. The number of pyridine rings is 1. The topological polar surface area (TPSA) is 63.2 Å². The van der Waals surface area contributed by atoms with Crippen molar-refractivity contribution in [3.05, 3.63) is 102 Å². The average Bonchev–Trinajstić information content (AvgIpc) is 2.78. The number of amides is 1. The summed E-state index contributed by atoms with van der Waals surface area (Å²) >= 11 is 0. The molecule has 0 radical (unpaired) electrons. The van der Waals surface area contributed by atoms with Gasteiger partial charge < -0.3 is 15.4 Å². The number of fused-ring (bicyclic) bond motifs is 1. The van der Waals surface area contributed by atoms with Gasteiger partial charge in [0.15, 0.2) is 0 Å². The summed E-state index contributed by atoms with van der Waals surface area (Å²) in [6, 6.07) is 30.0. The third-order valence-electron chi connectivity index (χ3n) is 5.16. The van der Waals surface area contributed by atoms with E-state index in [4.69, 9.17) is 4.74 Å². The molecule has 0 spiro atoms. The molecule has 1 amide bonds. The van der Waals surface area contributed by atoms with Gasteiger partial charge in [-0.1, -0.05) is 60.7 Å². The van der Waals surface area contributed by atoms with Gasteiger partial charge in [0.2, 0.25) is 0 Å². The van der Waals surface area contributed by atoms with Crippen LogP contribution in [0.5, 0.6) is 0 Å². The van der Waals surface area contributed by atoms with Gasteiger partial charge in [-0.3, -0.25) is 0 Å². The summed E-state index contributed by atoms with van der Waals surface area (Å²) in [5.41, 5.74) is 3.46. The Kier molecular flexibility index (Phi) is 6.59. The van der Waals surface area contributed by atoms with Crippen LogP contribution in [0.3, 0.4) is 0 Å². The van der Waals surface area contributed by atoms with Crippen LogP contribution in [0.2, 0.25) is 0 Å². The molecule has 0 aliphatic heterocycles. The smallest absolute Gasteiger partial charge is 0.408 e. The summed E-state index contributed by atoms with van der Waals surface area (Å²) in [6.45, 7) is 5.58. The first kappa shape index (κ1) is 22.3. The molecular weight excluding hydrogens is 410 g/mol. The van der Waals surface area contributed by atoms with Crippen LogP contribution in [0.4, 0.5) is 16.3 Å². The largest absolute Gasteiger partial charge is 0.444 e. The monoisotopic (exact) mass is 439 g/mol. The van der Waals surface area contributed by atoms with Crippen molar-refractivity contribution >= 4 is 28.5 Å². The van der Waals surface area contributed by atoms with E-state index in [1.54, 1.807) is 0 Å². The van der Waals surface area contributed by atoms with E-state index in [1.165, 1.54) is 0 Å². The number of anilines is 2. The quantitative estimate of drug-likeness (QED) is 0.347. The Labute approximate surface area is 194 Å². The van der Waals surface area contributed by atoms with Gasteiger partial charge in [-0.25, -0.2) is 9.78 Å². The molecule has 1 aromatic heterocycles. The molecule has 0 fully saturated rings. The molecule has 4 rings (SSSR count). The van der Waals surface area contributed by atoms with Crippen LogP contribution in [0.15, 0.2) is 91.0 Å². The van der Waals surface area contributed by atoms with Crippen LogP contribution >= 0.6 is 0 Å². The Hall–Kier alpha value is -3.86. The predicted molar refractivity (Wildman–Crippen MR) is 134 cm³/mol. The molecule has 1 heterocycles. The first-order chi connectivity index (χ1) is 15.9. The second-order valence-corrected chi connectivity index (χ2v) is 9.02. The highest BCUT2D eigenvalue weighted by atomic mass is 16.6. The van der Waals surface area contributed by atoms with Crippen molar-refractivity contribution in [2.24, 2.45) is 0 Å². The molecule has 2 N–H and O–H groups in total. The van der Waals surface area contributed by atoms with Gasteiger partial charge in [0.25, 0.3) is 0 Å². The fraction of sp³-hybridized carbons (Fsp3) is 0.214. The molecule has 0 aliphatic rings. The van der Waals surface area contributed by atoms with Crippen LogP contribution in [0.1, 0.15) is 37.9 Å². The van der Waals surface area contributed by atoms with Crippen molar-refractivity contribution in [3.8, 4) is 0 Å². The number of hydrogen-bond donors (Lipinski definition) is 2. The summed E-state index contributed by atoms with van der Waals surface area (Å²) in [5.74, 6) is 0.786. The molecule has 33 heavy (non-hydrogen) atoms. The van der Waals surface area contributed by atoms with Gasteiger partial charge in [0, 0.05) is 11.1 Å². The number of alkyl carbamates (subject to hydrolysis) is 1. The van der Waals surface area contributed by atoms with Gasteiger partial charge in [-0.15, -0.1) is 0 Å². The van der Waals surface area contributed by atoms with Crippen molar-refractivity contribution in [1.29, 1.82) is 0 Å². The molecule has 0 saturated carbocycles. The summed E-state index contributed by atoms with van der Waals surface area (Å²) in [5, 5.41) is 7.50. The minimum Gasteiger partial charge on any atom is -0.444 e. The molecule has 0 saturated heterocycles. The number of para-hydroxylation sites is 1. The summed E-state index contributed by atoms with van der Waals surface area (Å²) in [4.78, 5) is 17.2. The minimum atomic E-state index is -0.554. The van der Waals surface area contributed by atoms with Gasteiger partial charge >= 0.3 is 6.09 Å². The van der Waals surface area contributed by atoms with Crippen LogP contribution in [-0.4, -0.2) is 16.7 Å². The predicted octanol–water partition coefficient (Wildman–Crippen LogP) is 6.79. The maximum absolute atomic E-state index is 12.5. The van der Waals surface area contributed by atoms with Crippen molar-refractivity contribution in [2.75, 3.05) is 5.32 Å². The molecule has 1 atom stereocenters. The number of nitrogens with one attached hydrogen (secondary N) is 2. The maximum Gasteiger partial charge on any atom is 0.408 e. The standard InChI is InChI=1S/C28H29N3O2/c1-28(2,3)33-27(32)31-25(19-20-9-5-4-6-10-20)22-13-16-23(17-14-22)29-26-18-15-21-11-7-8-12-24(21)30-26/h4-18,25H,19H2,1-3H3,(H,29,30)(H,31,32). The summed E-state index contributed by atoms with van der Waals surface area (Å²) in [6.07, 6.45) is 0.241. The number of carbonyl (C=O) groups is 1. The zero-order chi connectivity index (χ0) is 23.3. The van der Waals surface area contributed by atoms with Gasteiger partial charge in [0.1, 0.15) is 11.4 Å². The van der Waals surface area contributed by atoms with Crippen LogP contribution in [-0.2, 0) is 11.2 Å². The van der Waals surface area contributed by atoms with Crippen molar-refractivity contribution in [3.63, 3.8) is 0 Å². The zero-order valence-corrected chi connectivity index (χ0v) is 19.2. The third-order valence-corrected chi connectivity index (χ3v) is 5.16. The van der Waals surface area contributed by atoms with Gasteiger partial charge in [-0.2, -0.15) is 0 Å². The molecule has 0 aliphatic carbocycles. The summed E-state index contributed by atoms with van der Waals surface area (Å²) < 4.78 is 5.49. The number of ether oxygens (including phenoxy) is 1. The second kappa shape index (κ2) is 9.74. The Morgan fingerprint density at radius 2 is 1.58 bits per heavy atom. The molecular formula is C28H29N3O2. The molecule has 5 heteroatoms. The molecule has 0 bridgehead atoms. The molecule has 5 nitrogen and oxygen atoms in total. The van der Waals surface area contributed by atoms with Crippen molar-refractivity contribution < 1.29 is 9.53 Å². The lowest BCUT2D eigenvalue weighted by atomic mass is 9.98. The maximum atomic E-state index is 12.5. The highest BCUT2D eigenvalue weighted by Gasteiger charge is 2.21. The lowest BCUT2D eigenvalue weighted by Gasteiger charge is -2.24. The van der Waals surface area contributed by atoms with Crippen LogP contribution in [0, 0.1) is 0 Å². The Bertz CT molecular complexity index is 1220. The van der Waals surface area contributed by atoms with E-state index in [0.29, 0.717) is 6.42 Å². The highest BCUT2D eigenvalue weighted by Crippen LogP contribution is 2.24. The molecule has 168 valence electrons. The van der Waals surface area contributed by atoms with Gasteiger partial charge in [-0.05, 0) is 68.7 Å². The average molecular weight is 440 g/mol. The third kappa shape index (κ3) is 6.32. The van der Waals surface area contributed by atoms with E-state index in [2.05, 4.69) is 33.8 Å². The van der Waals surface area contributed by atoms with E-state index in [9.17, 15) is 4.79 Å². The van der Waals surface area contributed by atoms with Crippen LogP contribution in [0.25, 0.3) is 10.9 Å². The Morgan fingerprint density at radius 1 is 0.879 bits per heavy atom. The van der Waals surface area contributed by atoms with Crippen molar-refractivity contribution in [1.82, 2.24) is 10.3 Å². The normalized spacial score (nSPS) is 12.2. The van der Waals surface area contributed by atoms with Crippen molar-refractivity contribution in [2.45, 2.75) is 38.8 Å². The zero-order valence-electron chi connectivity index (χ0n) is 19.2. The van der Waals surface area contributed by atoms with Crippen LogP contribution < -0.4 is 10.6 Å². The lowest BCUT2D eigenvalue weighted by Crippen LogP contribution is -2.35. The number of benzene rings is 3. The number of nitrogens with zero attached hydrogens (tertiary/aromatic N) is 1. The summed E-state index contributed by atoms with van der Waals surface area (Å²) in [7, 11) is 0. The number of hydrogen-bond acceptors (Lipinski definition) is 4. The fourth-order valence-electron chi connectivity index (χ4n) is 3.63. The SMILES string of the molecule is CC(C)(C)OC(=O)NC(Cc1ccccc1)c1ccc(Nc2ccc3ccccc3n2)cc1. The number of carbonyl (C=O) groups excluding carboxylic acids is 1.